The third kappa shape index (κ3) is 9.41. The summed E-state index contributed by atoms with van der Waals surface area (Å²) in [6, 6.07) is 7.22. The van der Waals surface area contributed by atoms with Gasteiger partial charge in [-0.25, -0.2) is 0 Å². The summed E-state index contributed by atoms with van der Waals surface area (Å²) in [7, 11) is 0. The number of carbonyl (C=O) groups is 2. The quantitative estimate of drug-likeness (QED) is 0.163. The molecule has 1 fully saturated rings. The van der Waals surface area contributed by atoms with Crippen LogP contribution in [0.15, 0.2) is 33.7 Å². The van der Waals surface area contributed by atoms with Gasteiger partial charge in [0.15, 0.2) is 5.96 Å². The second-order valence-corrected chi connectivity index (χ2v) is 6.93. The number of nitrogens with one attached hydrogen (secondary N) is 4. The molecule has 0 radical (unpaired) electrons. The number of carbonyl (C=O) groups excluding carboxylic acids is 2. The first kappa shape index (κ1) is 23.7. The molecule has 1 aliphatic carbocycles. The predicted molar refractivity (Wildman–Crippen MR) is 122 cm³/mol. The molecule has 1 aromatic carbocycles. The van der Waals surface area contributed by atoms with Gasteiger partial charge in [0, 0.05) is 42.1 Å². The van der Waals surface area contributed by atoms with Gasteiger partial charge < -0.3 is 21.3 Å². The first-order chi connectivity index (χ1) is 12.6. The van der Waals surface area contributed by atoms with Crippen LogP contribution >= 0.6 is 39.9 Å². The van der Waals surface area contributed by atoms with Crippen molar-refractivity contribution in [2.24, 2.45) is 10.9 Å². The Morgan fingerprint density at radius 1 is 1.04 bits per heavy atom. The van der Waals surface area contributed by atoms with E-state index in [9.17, 15) is 9.59 Å². The van der Waals surface area contributed by atoms with Crippen LogP contribution in [0.1, 0.15) is 30.1 Å². The Morgan fingerprint density at radius 3 is 2.33 bits per heavy atom. The molecule has 0 unspecified atom stereocenters. The van der Waals surface area contributed by atoms with E-state index in [1.54, 1.807) is 12.1 Å². The predicted octanol–water partition coefficient (Wildman–Crippen LogP) is 1.88. The zero-order chi connectivity index (χ0) is 18.8. The van der Waals surface area contributed by atoms with E-state index in [4.69, 9.17) is 0 Å². The molecule has 9 heteroatoms. The van der Waals surface area contributed by atoms with Crippen molar-refractivity contribution in [2.45, 2.75) is 19.8 Å². The third-order valence-corrected chi connectivity index (χ3v) is 4.31. The summed E-state index contributed by atoms with van der Waals surface area (Å²) >= 11 is 3.35. The second kappa shape index (κ2) is 12.9. The van der Waals surface area contributed by atoms with Gasteiger partial charge in [0.05, 0.1) is 6.54 Å². The Bertz CT molecular complexity index is 635. The van der Waals surface area contributed by atoms with Crippen molar-refractivity contribution in [2.75, 3.05) is 32.7 Å². The fraction of sp³-hybridized carbons (Fsp3) is 0.500. The van der Waals surface area contributed by atoms with Crippen molar-refractivity contribution in [3.05, 3.63) is 34.3 Å². The maximum absolute atomic E-state index is 12.0. The van der Waals surface area contributed by atoms with Crippen LogP contribution in [-0.2, 0) is 4.79 Å². The van der Waals surface area contributed by atoms with E-state index < -0.39 is 0 Å². The maximum Gasteiger partial charge on any atom is 0.251 e. The lowest BCUT2D eigenvalue weighted by molar-refractivity contribution is -0.122. The van der Waals surface area contributed by atoms with E-state index in [1.165, 1.54) is 0 Å². The van der Waals surface area contributed by atoms with Crippen molar-refractivity contribution >= 4 is 57.7 Å². The summed E-state index contributed by atoms with van der Waals surface area (Å²) in [6.45, 7) is 4.82. The van der Waals surface area contributed by atoms with Crippen LogP contribution in [0.4, 0.5) is 0 Å². The summed E-state index contributed by atoms with van der Waals surface area (Å²) in [5.74, 6) is 0.920. The number of guanidine groups is 1. The van der Waals surface area contributed by atoms with E-state index in [2.05, 4.69) is 42.2 Å². The second-order valence-electron chi connectivity index (χ2n) is 6.02. The molecule has 1 aromatic rings. The normalized spacial score (nSPS) is 13.3. The van der Waals surface area contributed by atoms with Crippen molar-refractivity contribution in [1.29, 1.82) is 0 Å². The number of amides is 2. The molecule has 0 spiro atoms. The highest BCUT2D eigenvalue weighted by molar-refractivity contribution is 14.0. The first-order valence-corrected chi connectivity index (χ1v) is 9.73. The molecular weight excluding hydrogens is 525 g/mol. The van der Waals surface area contributed by atoms with Crippen LogP contribution in [0.5, 0.6) is 0 Å². The van der Waals surface area contributed by atoms with Crippen LogP contribution in [0.3, 0.4) is 0 Å². The highest BCUT2D eigenvalue weighted by atomic mass is 127. The SMILES string of the molecule is CCNC(=NCCNC(=O)C1CC1)NCCNC(=O)c1ccc(Br)cc1.I. The van der Waals surface area contributed by atoms with Crippen LogP contribution in [0.25, 0.3) is 0 Å². The zero-order valence-electron chi connectivity index (χ0n) is 15.4. The van der Waals surface area contributed by atoms with Crippen molar-refractivity contribution in [3.63, 3.8) is 0 Å². The van der Waals surface area contributed by atoms with E-state index in [0.717, 1.165) is 23.9 Å². The Balaban J connectivity index is 0.00000364. The molecule has 2 amide bonds. The number of halogens is 2. The average Bonchev–Trinajstić information content (AvgIpc) is 3.47. The van der Waals surface area contributed by atoms with Crippen LogP contribution in [0, 0.1) is 5.92 Å². The molecule has 0 atom stereocenters. The van der Waals surface area contributed by atoms with Crippen molar-refractivity contribution in [1.82, 2.24) is 21.3 Å². The summed E-state index contributed by atoms with van der Waals surface area (Å²) in [6.07, 6.45) is 2.01. The van der Waals surface area contributed by atoms with Crippen LogP contribution in [0.2, 0.25) is 0 Å². The molecule has 0 aliphatic heterocycles. The van der Waals surface area contributed by atoms with E-state index >= 15 is 0 Å². The molecule has 2 rings (SSSR count). The zero-order valence-corrected chi connectivity index (χ0v) is 19.3. The smallest absolute Gasteiger partial charge is 0.251 e. The number of hydrogen-bond acceptors (Lipinski definition) is 3. The Morgan fingerprint density at radius 2 is 1.70 bits per heavy atom. The molecule has 1 aliphatic rings. The number of rotatable bonds is 9. The highest BCUT2D eigenvalue weighted by Gasteiger charge is 2.28. The van der Waals surface area contributed by atoms with Gasteiger partial charge in [-0.2, -0.15) is 0 Å². The van der Waals surface area contributed by atoms with Gasteiger partial charge >= 0.3 is 0 Å². The van der Waals surface area contributed by atoms with Crippen LogP contribution in [-0.4, -0.2) is 50.5 Å². The Hall–Kier alpha value is -1.36. The summed E-state index contributed by atoms with van der Waals surface area (Å²) in [4.78, 5) is 28.0. The third-order valence-electron chi connectivity index (χ3n) is 3.78. The minimum Gasteiger partial charge on any atom is -0.357 e. The molecular formula is C18H27BrIN5O2. The van der Waals surface area contributed by atoms with Gasteiger partial charge in [-0.05, 0) is 44.0 Å². The summed E-state index contributed by atoms with van der Waals surface area (Å²) < 4.78 is 0.940. The maximum atomic E-state index is 12.0. The molecule has 7 nitrogen and oxygen atoms in total. The number of aliphatic imine (C=N–C) groups is 1. The van der Waals surface area contributed by atoms with Gasteiger partial charge in [-0.3, -0.25) is 14.6 Å². The van der Waals surface area contributed by atoms with Crippen molar-refractivity contribution in [3.8, 4) is 0 Å². The van der Waals surface area contributed by atoms with Gasteiger partial charge in [0.25, 0.3) is 5.91 Å². The summed E-state index contributed by atoms with van der Waals surface area (Å²) in [5, 5.41) is 12.0. The molecule has 0 aromatic heterocycles. The molecule has 27 heavy (non-hydrogen) atoms. The lowest BCUT2D eigenvalue weighted by atomic mass is 10.2. The van der Waals surface area contributed by atoms with Gasteiger partial charge in [0.1, 0.15) is 0 Å². The van der Waals surface area contributed by atoms with E-state index in [0.29, 0.717) is 37.7 Å². The first-order valence-electron chi connectivity index (χ1n) is 8.93. The molecule has 0 heterocycles. The standard InChI is InChI=1S/C18H26BrN5O2.HI/c1-2-20-18(23-11-9-21-16(25)13-3-4-13)24-12-10-22-17(26)14-5-7-15(19)8-6-14;/h5-8,13H,2-4,9-12H2,1H3,(H,21,25)(H,22,26)(H2,20,23,24);1H. The van der Waals surface area contributed by atoms with Gasteiger partial charge in [-0.15, -0.1) is 24.0 Å². The highest BCUT2D eigenvalue weighted by Crippen LogP contribution is 2.28. The van der Waals surface area contributed by atoms with Crippen molar-refractivity contribution < 1.29 is 9.59 Å². The average molecular weight is 552 g/mol. The lowest BCUT2D eigenvalue weighted by Gasteiger charge is -2.12. The Labute approximate surface area is 185 Å². The van der Waals surface area contributed by atoms with E-state index in [-0.39, 0.29) is 41.7 Å². The fourth-order valence-corrected chi connectivity index (χ4v) is 2.50. The minimum absolute atomic E-state index is 0. The Kier molecular flexibility index (Phi) is 11.3. The topological polar surface area (TPSA) is 94.6 Å². The molecule has 1 saturated carbocycles. The molecule has 0 bridgehead atoms. The monoisotopic (exact) mass is 551 g/mol. The number of nitrogens with zero attached hydrogens (tertiary/aromatic N) is 1. The van der Waals surface area contributed by atoms with Crippen LogP contribution < -0.4 is 21.3 Å². The number of benzene rings is 1. The summed E-state index contributed by atoms with van der Waals surface area (Å²) in [5.41, 5.74) is 0.625. The van der Waals surface area contributed by atoms with Gasteiger partial charge in [0.2, 0.25) is 5.91 Å². The molecule has 150 valence electrons. The number of hydrogen-bond donors (Lipinski definition) is 4. The molecule has 0 saturated heterocycles. The van der Waals surface area contributed by atoms with E-state index in [1.807, 2.05) is 19.1 Å². The minimum atomic E-state index is -0.107. The lowest BCUT2D eigenvalue weighted by Crippen LogP contribution is -2.42. The molecule has 4 N–H and O–H groups in total. The largest absolute Gasteiger partial charge is 0.357 e. The van der Waals surface area contributed by atoms with Gasteiger partial charge in [-0.1, -0.05) is 15.9 Å². The fourth-order valence-electron chi connectivity index (χ4n) is 2.24.